The Morgan fingerprint density at radius 1 is 0.938 bits per heavy atom. The standard InChI is InChI=1S/C14H29NO/c1-3-5-6-7-8-9-10-11-12-13(15)14(16)4-2/h13H,3-12,15H2,1-2H3. The Kier molecular flexibility index (Phi) is 10.9. The molecular formula is C14H29NO. The highest BCUT2D eigenvalue weighted by atomic mass is 16.1. The van der Waals surface area contributed by atoms with Crippen molar-refractivity contribution < 1.29 is 4.79 Å². The Morgan fingerprint density at radius 3 is 1.94 bits per heavy atom. The van der Waals surface area contributed by atoms with Gasteiger partial charge in [0.05, 0.1) is 6.04 Å². The van der Waals surface area contributed by atoms with Crippen molar-refractivity contribution >= 4 is 5.78 Å². The number of Topliss-reactive ketones (excluding diaryl/α,β-unsaturated/α-hetero) is 1. The number of nitrogens with two attached hydrogens (primary N) is 1. The summed E-state index contributed by atoms with van der Waals surface area (Å²) in [4.78, 5) is 11.2. The molecule has 1 unspecified atom stereocenters. The monoisotopic (exact) mass is 227 g/mol. The Balaban J connectivity index is 3.17. The van der Waals surface area contributed by atoms with Gasteiger partial charge in [-0.3, -0.25) is 4.79 Å². The van der Waals surface area contributed by atoms with Gasteiger partial charge in [-0.2, -0.15) is 0 Å². The van der Waals surface area contributed by atoms with Gasteiger partial charge in [0, 0.05) is 6.42 Å². The number of rotatable bonds is 11. The normalized spacial score (nSPS) is 12.7. The van der Waals surface area contributed by atoms with E-state index in [1.807, 2.05) is 6.92 Å². The number of unbranched alkanes of at least 4 members (excludes halogenated alkanes) is 7. The summed E-state index contributed by atoms with van der Waals surface area (Å²) < 4.78 is 0. The summed E-state index contributed by atoms with van der Waals surface area (Å²) in [6.07, 6.45) is 11.9. The van der Waals surface area contributed by atoms with E-state index in [9.17, 15) is 4.79 Å². The van der Waals surface area contributed by atoms with Crippen molar-refractivity contribution in [3.8, 4) is 0 Å². The van der Waals surface area contributed by atoms with Crippen molar-refractivity contribution in [3.63, 3.8) is 0 Å². The molecule has 0 radical (unpaired) electrons. The van der Waals surface area contributed by atoms with E-state index in [1.54, 1.807) is 0 Å². The lowest BCUT2D eigenvalue weighted by Gasteiger charge is -2.08. The fraction of sp³-hybridized carbons (Fsp3) is 0.929. The van der Waals surface area contributed by atoms with Crippen LogP contribution in [0.2, 0.25) is 0 Å². The van der Waals surface area contributed by atoms with Crippen LogP contribution in [0.1, 0.15) is 78.1 Å². The van der Waals surface area contributed by atoms with Gasteiger partial charge in [0.25, 0.3) is 0 Å². The van der Waals surface area contributed by atoms with Crippen LogP contribution in [0.15, 0.2) is 0 Å². The number of carbonyl (C=O) groups excluding carboxylic acids is 1. The number of ketones is 1. The van der Waals surface area contributed by atoms with E-state index in [0.717, 1.165) is 12.8 Å². The third kappa shape index (κ3) is 8.90. The Hall–Kier alpha value is -0.370. The maximum absolute atomic E-state index is 11.2. The maximum atomic E-state index is 11.2. The van der Waals surface area contributed by atoms with E-state index in [2.05, 4.69) is 6.92 Å². The lowest BCUT2D eigenvalue weighted by atomic mass is 10.0. The minimum absolute atomic E-state index is 0.204. The molecule has 0 amide bonds. The van der Waals surface area contributed by atoms with Gasteiger partial charge in [-0.1, -0.05) is 65.2 Å². The van der Waals surface area contributed by atoms with Crippen LogP contribution < -0.4 is 5.73 Å². The Labute approximate surface area is 101 Å². The lowest BCUT2D eigenvalue weighted by molar-refractivity contribution is -0.120. The van der Waals surface area contributed by atoms with Crippen LogP contribution in [0.5, 0.6) is 0 Å². The second-order valence-electron chi connectivity index (χ2n) is 4.69. The molecule has 1 atom stereocenters. The molecule has 0 aromatic rings. The highest BCUT2D eigenvalue weighted by Gasteiger charge is 2.09. The van der Waals surface area contributed by atoms with Gasteiger partial charge in [0.2, 0.25) is 0 Å². The second-order valence-corrected chi connectivity index (χ2v) is 4.69. The average molecular weight is 227 g/mol. The van der Waals surface area contributed by atoms with E-state index >= 15 is 0 Å². The van der Waals surface area contributed by atoms with E-state index in [0.29, 0.717) is 6.42 Å². The van der Waals surface area contributed by atoms with Gasteiger partial charge in [0.1, 0.15) is 5.78 Å². The van der Waals surface area contributed by atoms with Crippen molar-refractivity contribution in [2.75, 3.05) is 0 Å². The zero-order chi connectivity index (χ0) is 12.2. The van der Waals surface area contributed by atoms with Crippen LogP contribution >= 0.6 is 0 Å². The van der Waals surface area contributed by atoms with Gasteiger partial charge < -0.3 is 5.73 Å². The van der Waals surface area contributed by atoms with Crippen molar-refractivity contribution in [1.29, 1.82) is 0 Å². The summed E-state index contributed by atoms with van der Waals surface area (Å²) in [7, 11) is 0. The molecule has 16 heavy (non-hydrogen) atoms. The number of hydrogen-bond donors (Lipinski definition) is 1. The van der Waals surface area contributed by atoms with Crippen LogP contribution in [0.4, 0.5) is 0 Å². The van der Waals surface area contributed by atoms with Crippen molar-refractivity contribution in [3.05, 3.63) is 0 Å². The van der Waals surface area contributed by atoms with E-state index in [4.69, 9.17) is 5.73 Å². The van der Waals surface area contributed by atoms with Crippen LogP contribution in [0.25, 0.3) is 0 Å². The van der Waals surface area contributed by atoms with Crippen molar-refractivity contribution in [1.82, 2.24) is 0 Å². The molecule has 0 spiro atoms. The van der Waals surface area contributed by atoms with Gasteiger partial charge in [-0.15, -0.1) is 0 Å². The minimum Gasteiger partial charge on any atom is -0.322 e. The second kappa shape index (κ2) is 11.1. The first kappa shape index (κ1) is 15.6. The molecular weight excluding hydrogens is 198 g/mol. The molecule has 96 valence electrons. The summed E-state index contributed by atoms with van der Waals surface area (Å²) in [5.74, 6) is 0.211. The first-order valence-corrected chi connectivity index (χ1v) is 7.00. The summed E-state index contributed by atoms with van der Waals surface area (Å²) in [5, 5.41) is 0. The third-order valence-corrected chi connectivity index (χ3v) is 3.13. The van der Waals surface area contributed by atoms with E-state index in [1.165, 1.54) is 44.9 Å². The van der Waals surface area contributed by atoms with Crippen LogP contribution in [0, 0.1) is 0 Å². The Morgan fingerprint density at radius 2 is 1.44 bits per heavy atom. The predicted molar refractivity (Wildman–Crippen MR) is 70.5 cm³/mol. The molecule has 0 aromatic heterocycles. The van der Waals surface area contributed by atoms with Gasteiger partial charge >= 0.3 is 0 Å². The molecule has 0 aromatic carbocycles. The van der Waals surface area contributed by atoms with Crippen LogP contribution in [0.3, 0.4) is 0 Å². The molecule has 0 bridgehead atoms. The topological polar surface area (TPSA) is 43.1 Å². The molecule has 0 aliphatic carbocycles. The maximum Gasteiger partial charge on any atom is 0.149 e. The SMILES string of the molecule is CCCCCCCCCCC(N)C(=O)CC. The predicted octanol–water partition coefficient (Wildman–Crippen LogP) is 3.82. The van der Waals surface area contributed by atoms with Crippen LogP contribution in [-0.2, 0) is 4.79 Å². The van der Waals surface area contributed by atoms with Gasteiger partial charge in [-0.25, -0.2) is 0 Å². The average Bonchev–Trinajstić information content (AvgIpc) is 2.31. The molecule has 2 nitrogen and oxygen atoms in total. The molecule has 0 rings (SSSR count). The minimum atomic E-state index is -0.204. The lowest BCUT2D eigenvalue weighted by Crippen LogP contribution is -2.29. The Bertz CT molecular complexity index is 168. The fourth-order valence-electron chi connectivity index (χ4n) is 1.92. The van der Waals surface area contributed by atoms with Crippen LogP contribution in [-0.4, -0.2) is 11.8 Å². The zero-order valence-corrected chi connectivity index (χ0v) is 11.1. The molecule has 0 heterocycles. The molecule has 2 heteroatoms. The first-order valence-electron chi connectivity index (χ1n) is 7.00. The summed E-state index contributed by atoms with van der Waals surface area (Å²) >= 11 is 0. The molecule has 0 saturated heterocycles. The number of carbonyl (C=O) groups is 1. The fourth-order valence-corrected chi connectivity index (χ4v) is 1.92. The summed E-state index contributed by atoms with van der Waals surface area (Å²) in [6.45, 7) is 4.13. The van der Waals surface area contributed by atoms with E-state index < -0.39 is 0 Å². The highest BCUT2D eigenvalue weighted by Crippen LogP contribution is 2.10. The summed E-state index contributed by atoms with van der Waals surface area (Å²) in [6, 6.07) is -0.204. The number of hydrogen-bond acceptors (Lipinski definition) is 2. The molecule has 0 aliphatic heterocycles. The molecule has 2 N–H and O–H groups in total. The van der Waals surface area contributed by atoms with Crippen molar-refractivity contribution in [2.24, 2.45) is 5.73 Å². The van der Waals surface area contributed by atoms with Crippen molar-refractivity contribution in [2.45, 2.75) is 84.1 Å². The first-order chi connectivity index (χ1) is 7.72. The largest absolute Gasteiger partial charge is 0.322 e. The highest BCUT2D eigenvalue weighted by molar-refractivity contribution is 5.83. The third-order valence-electron chi connectivity index (χ3n) is 3.13. The van der Waals surface area contributed by atoms with Gasteiger partial charge in [-0.05, 0) is 6.42 Å². The quantitative estimate of drug-likeness (QED) is 0.545. The molecule has 0 saturated carbocycles. The zero-order valence-electron chi connectivity index (χ0n) is 11.1. The molecule has 0 aliphatic rings. The smallest absolute Gasteiger partial charge is 0.149 e. The molecule has 0 fully saturated rings. The van der Waals surface area contributed by atoms with E-state index in [-0.39, 0.29) is 11.8 Å². The summed E-state index contributed by atoms with van der Waals surface area (Å²) in [5.41, 5.74) is 5.76. The van der Waals surface area contributed by atoms with Gasteiger partial charge in [0.15, 0.2) is 0 Å².